The molecule has 1 aliphatic heterocycles. The van der Waals surface area contributed by atoms with E-state index in [1.54, 1.807) is 19.7 Å². The summed E-state index contributed by atoms with van der Waals surface area (Å²) >= 11 is 0. The third-order valence-electron chi connectivity index (χ3n) is 5.12. The zero-order chi connectivity index (χ0) is 20.5. The largest absolute Gasteiger partial charge is 0.356 e. The van der Waals surface area contributed by atoms with Gasteiger partial charge in [-0.3, -0.25) is 9.89 Å². The number of nitrogens with one attached hydrogen (secondary N) is 2. The van der Waals surface area contributed by atoms with Crippen LogP contribution in [0.2, 0.25) is 0 Å². The van der Waals surface area contributed by atoms with Crippen LogP contribution in [0.25, 0.3) is 0 Å². The smallest absolute Gasteiger partial charge is 0.191 e. The van der Waals surface area contributed by atoms with Gasteiger partial charge in [0, 0.05) is 44.8 Å². The summed E-state index contributed by atoms with van der Waals surface area (Å²) < 4.78 is 29.8. The van der Waals surface area contributed by atoms with Crippen LogP contribution in [0.4, 0.5) is 8.78 Å². The normalized spacial score (nSPS) is 17.4. The van der Waals surface area contributed by atoms with E-state index in [1.165, 1.54) is 18.2 Å². The number of piperidine rings is 1. The van der Waals surface area contributed by atoms with Crippen molar-refractivity contribution in [2.45, 2.75) is 44.8 Å². The zero-order valence-corrected chi connectivity index (χ0v) is 19.6. The standard InChI is InChI=1S/C20H29F2N7.HI/c1-23-20(24-9-2-3-10-29-14-25-26-15-29)27-16-6-5-11-28(12-16)13-17-18(21)7-4-8-19(17)22;/h4,7-8,14-16H,2-3,5-6,9-13H2,1H3,(H2,23,24,27);1H. The monoisotopic (exact) mass is 533 g/mol. The van der Waals surface area contributed by atoms with Crippen LogP contribution in [0, 0.1) is 11.6 Å². The maximum absolute atomic E-state index is 13.9. The van der Waals surface area contributed by atoms with Gasteiger partial charge in [-0.25, -0.2) is 8.78 Å². The number of aromatic nitrogens is 3. The zero-order valence-electron chi connectivity index (χ0n) is 17.2. The first-order chi connectivity index (χ1) is 14.2. The van der Waals surface area contributed by atoms with Gasteiger partial charge in [0.05, 0.1) is 0 Å². The molecule has 1 aromatic carbocycles. The lowest BCUT2D eigenvalue weighted by Crippen LogP contribution is -2.51. The van der Waals surface area contributed by atoms with Crippen LogP contribution < -0.4 is 10.6 Å². The van der Waals surface area contributed by atoms with Gasteiger partial charge in [-0.2, -0.15) is 0 Å². The fraction of sp³-hybridized carbons (Fsp3) is 0.550. The first-order valence-corrected chi connectivity index (χ1v) is 10.1. The van der Waals surface area contributed by atoms with E-state index in [1.807, 2.05) is 4.57 Å². The number of hydrogen-bond donors (Lipinski definition) is 2. The van der Waals surface area contributed by atoms with E-state index in [4.69, 9.17) is 0 Å². The molecular formula is C20H30F2IN7. The van der Waals surface area contributed by atoms with Gasteiger partial charge in [-0.15, -0.1) is 34.2 Å². The number of hydrogen-bond acceptors (Lipinski definition) is 4. The summed E-state index contributed by atoms with van der Waals surface area (Å²) in [7, 11) is 1.75. The topological polar surface area (TPSA) is 70.4 Å². The van der Waals surface area contributed by atoms with Crippen molar-refractivity contribution in [3.8, 4) is 0 Å². The molecule has 0 saturated carbocycles. The second-order valence-corrected chi connectivity index (χ2v) is 7.32. The maximum Gasteiger partial charge on any atom is 0.191 e. The Morgan fingerprint density at radius 3 is 2.63 bits per heavy atom. The van der Waals surface area contributed by atoms with Crippen molar-refractivity contribution in [3.63, 3.8) is 0 Å². The summed E-state index contributed by atoms with van der Waals surface area (Å²) in [5, 5.41) is 14.4. The van der Waals surface area contributed by atoms with E-state index < -0.39 is 11.6 Å². The van der Waals surface area contributed by atoms with Crippen LogP contribution in [0.15, 0.2) is 35.8 Å². The predicted molar refractivity (Wildman–Crippen MR) is 124 cm³/mol. The van der Waals surface area contributed by atoms with E-state index in [9.17, 15) is 8.78 Å². The van der Waals surface area contributed by atoms with Crippen molar-refractivity contribution >= 4 is 29.9 Å². The highest BCUT2D eigenvalue weighted by atomic mass is 127. The summed E-state index contributed by atoms with van der Waals surface area (Å²) in [6.45, 7) is 3.55. The molecule has 0 aliphatic carbocycles. The van der Waals surface area contributed by atoms with Gasteiger partial charge >= 0.3 is 0 Å². The van der Waals surface area contributed by atoms with E-state index in [-0.39, 0.29) is 42.1 Å². The number of likely N-dealkylation sites (tertiary alicyclic amines) is 1. The summed E-state index contributed by atoms with van der Waals surface area (Å²) in [6.07, 6.45) is 7.44. The lowest BCUT2D eigenvalue weighted by Gasteiger charge is -2.34. The quantitative estimate of drug-likeness (QED) is 0.237. The average molecular weight is 533 g/mol. The first kappa shape index (κ1) is 24.4. The van der Waals surface area contributed by atoms with Gasteiger partial charge in [0.25, 0.3) is 0 Å². The minimum Gasteiger partial charge on any atom is -0.356 e. The summed E-state index contributed by atoms with van der Waals surface area (Å²) in [5.41, 5.74) is 0.142. The highest BCUT2D eigenvalue weighted by Gasteiger charge is 2.22. The molecule has 1 atom stereocenters. The molecule has 1 unspecified atom stereocenters. The number of benzene rings is 1. The third kappa shape index (κ3) is 7.46. The Kier molecular flexibility index (Phi) is 10.4. The summed E-state index contributed by atoms with van der Waals surface area (Å²) in [4.78, 5) is 6.39. The van der Waals surface area contributed by atoms with Crippen LogP contribution >= 0.6 is 24.0 Å². The Bertz CT molecular complexity index is 765. The Balaban J connectivity index is 0.00000320. The molecule has 2 heterocycles. The molecule has 0 amide bonds. The molecule has 7 nitrogen and oxygen atoms in total. The van der Waals surface area contributed by atoms with Crippen molar-refractivity contribution in [2.75, 3.05) is 26.7 Å². The molecular weight excluding hydrogens is 503 g/mol. The van der Waals surface area contributed by atoms with Crippen LogP contribution in [0.5, 0.6) is 0 Å². The minimum atomic E-state index is -0.482. The van der Waals surface area contributed by atoms with Crippen LogP contribution in [-0.2, 0) is 13.1 Å². The van der Waals surface area contributed by atoms with Gasteiger partial charge < -0.3 is 15.2 Å². The van der Waals surface area contributed by atoms with Crippen LogP contribution in [0.1, 0.15) is 31.2 Å². The van der Waals surface area contributed by atoms with E-state index in [2.05, 4.69) is 30.7 Å². The second-order valence-electron chi connectivity index (χ2n) is 7.32. The molecule has 2 aromatic rings. The average Bonchev–Trinajstić information content (AvgIpc) is 3.23. The number of guanidine groups is 1. The molecule has 1 aliphatic rings. The van der Waals surface area contributed by atoms with Gasteiger partial charge in [0.1, 0.15) is 24.3 Å². The number of nitrogens with zero attached hydrogens (tertiary/aromatic N) is 5. The van der Waals surface area contributed by atoms with Gasteiger partial charge in [0.2, 0.25) is 0 Å². The van der Waals surface area contributed by atoms with E-state index in [0.717, 1.165) is 57.8 Å². The fourth-order valence-corrected chi connectivity index (χ4v) is 3.58. The number of aryl methyl sites for hydroxylation is 1. The van der Waals surface area contributed by atoms with Crippen LogP contribution in [-0.4, -0.2) is 58.3 Å². The van der Waals surface area contributed by atoms with Crippen molar-refractivity contribution in [1.82, 2.24) is 30.3 Å². The first-order valence-electron chi connectivity index (χ1n) is 10.1. The van der Waals surface area contributed by atoms with Gasteiger partial charge in [0.15, 0.2) is 5.96 Å². The predicted octanol–water partition coefficient (Wildman–Crippen LogP) is 2.78. The second kappa shape index (κ2) is 12.8. The van der Waals surface area contributed by atoms with Crippen molar-refractivity contribution in [1.29, 1.82) is 0 Å². The molecule has 1 fully saturated rings. The third-order valence-corrected chi connectivity index (χ3v) is 5.12. The van der Waals surface area contributed by atoms with Gasteiger partial charge in [-0.05, 0) is 44.4 Å². The molecule has 30 heavy (non-hydrogen) atoms. The molecule has 1 saturated heterocycles. The molecule has 2 N–H and O–H groups in total. The lowest BCUT2D eigenvalue weighted by molar-refractivity contribution is 0.188. The molecule has 10 heteroatoms. The number of halogens is 3. The molecule has 0 radical (unpaired) electrons. The molecule has 3 rings (SSSR count). The summed E-state index contributed by atoms with van der Waals surface area (Å²) in [6, 6.07) is 4.22. The highest BCUT2D eigenvalue weighted by molar-refractivity contribution is 14.0. The van der Waals surface area contributed by atoms with E-state index in [0.29, 0.717) is 0 Å². The van der Waals surface area contributed by atoms with Crippen molar-refractivity contribution in [2.24, 2.45) is 4.99 Å². The maximum atomic E-state index is 13.9. The Morgan fingerprint density at radius 1 is 1.20 bits per heavy atom. The molecule has 166 valence electrons. The van der Waals surface area contributed by atoms with Crippen LogP contribution in [0.3, 0.4) is 0 Å². The van der Waals surface area contributed by atoms with Crippen molar-refractivity contribution in [3.05, 3.63) is 48.1 Å². The van der Waals surface area contributed by atoms with Crippen molar-refractivity contribution < 1.29 is 8.78 Å². The fourth-order valence-electron chi connectivity index (χ4n) is 3.58. The summed E-state index contributed by atoms with van der Waals surface area (Å²) in [5.74, 6) is -0.203. The van der Waals surface area contributed by atoms with Gasteiger partial charge in [-0.1, -0.05) is 6.07 Å². The SMILES string of the molecule is CN=C(NCCCCn1cnnc1)NC1CCCN(Cc2c(F)cccc2F)C1.I. The Morgan fingerprint density at radius 2 is 1.93 bits per heavy atom. The number of rotatable bonds is 8. The number of unbranched alkanes of at least 4 members (excludes halogenated alkanes) is 1. The molecule has 0 spiro atoms. The molecule has 1 aromatic heterocycles. The molecule has 0 bridgehead atoms. The Hall–Kier alpha value is -1.82. The highest BCUT2D eigenvalue weighted by Crippen LogP contribution is 2.18. The lowest BCUT2D eigenvalue weighted by atomic mass is 10.0. The number of aliphatic imine (C=N–C) groups is 1. The van der Waals surface area contributed by atoms with E-state index >= 15 is 0 Å². The Labute approximate surface area is 193 Å². The minimum absolute atomic E-state index is 0.